The molecule has 1 rings (SSSR count). The molecule has 0 aliphatic heterocycles. The molecular weight excluding hydrogens is 296 g/mol. The van der Waals surface area contributed by atoms with E-state index in [0.717, 1.165) is 5.82 Å². The van der Waals surface area contributed by atoms with E-state index in [1.165, 1.54) is 0 Å². The maximum Gasteiger partial charge on any atom is 0.418 e. The van der Waals surface area contributed by atoms with E-state index in [2.05, 4.69) is 19.5 Å². The Bertz CT molecular complexity index is 527. The van der Waals surface area contributed by atoms with E-state index in [-0.39, 0.29) is 5.96 Å². The molecule has 10 nitrogen and oxygen atoms in total. The van der Waals surface area contributed by atoms with Crippen molar-refractivity contribution < 1.29 is 17.3 Å². The Morgan fingerprint density at radius 3 is 3.05 bits per heavy atom. The van der Waals surface area contributed by atoms with E-state index in [0.29, 0.717) is 18.1 Å². The summed E-state index contributed by atoms with van der Waals surface area (Å²) in [5.74, 6) is 1.94. The minimum Gasteiger partial charge on any atom is -0.368 e. The van der Waals surface area contributed by atoms with Gasteiger partial charge in [-0.05, 0) is 0 Å². The fourth-order valence-electron chi connectivity index (χ4n) is 0.960. The molecule has 0 bridgehead atoms. The number of nitrogens with two attached hydrogens (primary N) is 1. The molecule has 0 atom stereocenters. The highest BCUT2D eigenvalue weighted by Gasteiger charge is 2.04. The van der Waals surface area contributed by atoms with Crippen LogP contribution in [0.5, 0.6) is 0 Å². The Balaban J connectivity index is 2.17. The van der Waals surface area contributed by atoms with Gasteiger partial charge < -0.3 is 10.3 Å². The number of guanidine groups is 1. The van der Waals surface area contributed by atoms with E-state index >= 15 is 0 Å². The monoisotopic (exact) mass is 310 g/mol. The van der Waals surface area contributed by atoms with Crippen LogP contribution >= 0.6 is 11.8 Å². The van der Waals surface area contributed by atoms with Crippen LogP contribution in [0.25, 0.3) is 0 Å². The highest BCUT2D eigenvalue weighted by Crippen LogP contribution is 2.08. The smallest absolute Gasteiger partial charge is 0.368 e. The van der Waals surface area contributed by atoms with Gasteiger partial charge in [0.05, 0.1) is 12.3 Å². The second-order valence-electron chi connectivity index (χ2n) is 3.29. The molecule has 0 aliphatic rings. The molecule has 1 aromatic heterocycles. The van der Waals surface area contributed by atoms with Gasteiger partial charge in [0.2, 0.25) is 5.96 Å². The van der Waals surface area contributed by atoms with Crippen molar-refractivity contribution in [2.45, 2.75) is 5.75 Å². The lowest BCUT2D eigenvalue weighted by atomic mass is 10.7. The number of nitrogens with zero attached hydrogens (tertiary/aromatic N) is 4. The summed E-state index contributed by atoms with van der Waals surface area (Å²) in [6.45, 7) is 0.357. The molecule has 1 aromatic rings. The molecule has 0 fully saturated rings. The van der Waals surface area contributed by atoms with Crippen LogP contribution in [0.15, 0.2) is 11.3 Å². The summed E-state index contributed by atoms with van der Waals surface area (Å²) in [6.07, 6.45) is 1.61. The number of hydrogen-bond acceptors (Lipinski definition) is 7. The van der Waals surface area contributed by atoms with Crippen molar-refractivity contribution in [2.24, 2.45) is 17.8 Å². The molecule has 0 saturated heterocycles. The number of hydroxylamine groups is 1. The van der Waals surface area contributed by atoms with Crippen molar-refractivity contribution in [1.82, 2.24) is 20.2 Å². The summed E-state index contributed by atoms with van der Waals surface area (Å²) in [4.78, 5) is 3.79. The van der Waals surface area contributed by atoms with Crippen LogP contribution in [0.3, 0.4) is 0 Å². The molecule has 1 heterocycles. The van der Waals surface area contributed by atoms with Crippen molar-refractivity contribution in [3.63, 3.8) is 0 Å². The Morgan fingerprint density at radius 2 is 2.47 bits per heavy atom. The van der Waals surface area contributed by atoms with E-state index < -0.39 is 10.4 Å². The first-order chi connectivity index (χ1) is 8.88. The van der Waals surface area contributed by atoms with Crippen molar-refractivity contribution >= 4 is 28.1 Å². The largest absolute Gasteiger partial charge is 0.418 e. The van der Waals surface area contributed by atoms with Crippen LogP contribution in [-0.4, -0.2) is 46.0 Å². The molecule has 0 amide bonds. The van der Waals surface area contributed by atoms with Crippen molar-refractivity contribution in [3.8, 4) is 0 Å². The van der Waals surface area contributed by atoms with Crippen LogP contribution < -0.4 is 11.2 Å². The van der Waals surface area contributed by atoms with Gasteiger partial charge in [-0.3, -0.25) is 9.55 Å². The predicted octanol–water partition coefficient (Wildman–Crippen LogP) is -1.31. The Hall–Kier alpha value is -1.37. The second-order valence-corrected chi connectivity index (χ2v) is 5.42. The average Bonchev–Trinajstić information content (AvgIpc) is 2.71. The summed E-state index contributed by atoms with van der Waals surface area (Å²) in [7, 11) is -2.73. The number of hydrogen-bond donors (Lipinski definition) is 3. The highest BCUT2D eigenvalue weighted by molar-refractivity contribution is 7.98. The lowest BCUT2D eigenvalue weighted by molar-refractivity contribution is 0.225. The molecule has 0 spiro atoms. The topological polar surface area (TPSA) is 145 Å². The van der Waals surface area contributed by atoms with Crippen LogP contribution in [0.2, 0.25) is 0 Å². The SMILES string of the molecule is Cn1cnnc1CSCCN=C(N)NOS(=O)(=O)O. The molecule has 0 aliphatic carbocycles. The zero-order chi connectivity index (χ0) is 14.3. The first-order valence-corrected chi connectivity index (χ1v) is 7.53. The van der Waals surface area contributed by atoms with Crippen molar-refractivity contribution in [3.05, 3.63) is 12.2 Å². The van der Waals surface area contributed by atoms with Gasteiger partial charge in [-0.25, -0.2) is 5.48 Å². The fourth-order valence-corrected chi connectivity index (χ4v) is 1.96. The molecule has 108 valence electrons. The third-order valence-corrected chi connectivity index (χ3v) is 3.03. The quantitative estimate of drug-likeness (QED) is 0.184. The third kappa shape index (κ3) is 6.95. The molecule has 0 unspecified atom stereocenters. The Kier molecular flexibility index (Phi) is 6.01. The van der Waals surface area contributed by atoms with Gasteiger partial charge >= 0.3 is 10.4 Å². The standard InChI is InChI=1S/C7H14N6O4S2/c1-13-5-10-11-6(13)4-18-3-2-9-7(8)12-17-19(14,15)16/h5H,2-4H2,1H3,(H3,8,9,12)(H,14,15,16). The molecule has 0 saturated carbocycles. The number of aliphatic imine (C=N–C) groups is 1. The normalized spacial score (nSPS) is 12.6. The number of nitrogens with one attached hydrogen (secondary N) is 1. The molecule has 0 aromatic carbocycles. The van der Waals surface area contributed by atoms with E-state index in [4.69, 9.17) is 10.3 Å². The van der Waals surface area contributed by atoms with Gasteiger partial charge in [-0.2, -0.15) is 20.2 Å². The van der Waals surface area contributed by atoms with Gasteiger partial charge in [0.15, 0.2) is 0 Å². The van der Waals surface area contributed by atoms with Crippen LogP contribution in [0.1, 0.15) is 5.82 Å². The first-order valence-electron chi connectivity index (χ1n) is 5.01. The average molecular weight is 310 g/mol. The summed E-state index contributed by atoms with van der Waals surface area (Å²) in [5.41, 5.74) is 7.07. The Morgan fingerprint density at radius 1 is 1.74 bits per heavy atom. The highest BCUT2D eigenvalue weighted by atomic mass is 32.3. The minimum absolute atomic E-state index is 0.239. The zero-order valence-corrected chi connectivity index (χ0v) is 11.7. The minimum atomic E-state index is -4.58. The predicted molar refractivity (Wildman–Crippen MR) is 69.4 cm³/mol. The lowest BCUT2D eigenvalue weighted by Gasteiger charge is -2.02. The Labute approximate surface area is 114 Å². The third-order valence-electron chi connectivity index (χ3n) is 1.81. The van der Waals surface area contributed by atoms with E-state index in [1.807, 2.05) is 11.6 Å². The van der Waals surface area contributed by atoms with Gasteiger partial charge in [0.25, 0.3) is 0 Å². The molecule has 4 N–H and O–H groups in total. The molecular formula is C7H14N6O4S2. The molecule has 19 heavy (non-hydrogen) atoms. The maximum absolute atomic E-state index is 10.2. The molecule has 0 radical (unpaired) electrons. The number of rotatable bonds is 7. The van der Waals surface area contributed by atoms with E-state index in [9.17, 15) is 8.42 Å². The maximum atomic E-state index is 10.2. The van der Waals surface area contributed by atoms with Crippen LogP contribution in [-0.2, 0) is 27.5 Å². The van der Waals surface area contributed by atoms with Gasteiger partial charge in [-0.1, -0.05) is 0 Å². The second kappa shape index (κ2) is 7.28. The number of thioether (sulfide) groups is 1. The van der Waals surface area contributed by atoms with Crippen LogP contribution in [0, 0.1) is 0 Å². The summed E-state index contributed by atoms with van der Waals surface area (Å²) in [5, 5.41) is 7.65. The fraction of sp³-hybridized carbons (Fsp3) is 0.571. The van der Waals surface area contributed by atoms with Crippen molar-refractivity contribution in [2.75, 3.05) is 12.3 Å². The number of aromatic nitrogens is 3. The number of aryl methyl sites for hydroxylation is 1. The van der Waals surface area contributed by atoms with Gasteiger partial charge in [-0.15, -0.1) is 14.5 Å². The summed E-state index contributed by atoms with van der Waals surface area (Å²) in [6, 6.07) is 0. The van der Waals surface area contributed by atoms with Crippen molar-refractivity contribution in [1.29, 1.82) is 0 Å². The first kappa shape index (κ1) is 15.7. The summed E-state index contributed by atoms with van der Waals surface area (Å²) < 4.78 is 34.3. The van der Waals surface area contributed by atoms with E-state index in [1.54, 1.807) is 23.6 Å². The van der Waals surface area contributed by atoms with Gasteiger partial charge in [0, 0.05) is 12.8 Å². The van der Waals surface area contributed by atoms with Crippen LogP contribution in [0.4, 0.5) is 0 Å². The summed E-state index contributed by atoms with van der Waals surface area (Å²) >= 11 is 1.57. The molecule has 12 heteroatoms. The van der Waals surface area contributed by atoms with Gasteiger partial charge in [0.1, 0.15) is 12.2 Å². The zero-order valence-electron chi connectivity index (χ0n) is 10.1. The lowest BCUT2D eigenvalue weighted by Crippen LogP contribution is -2.33.